The second kappa shape index (κ2) is 13.9. The SMILES string of the molecule is CC(C)(C)SCc1ccc(CNc2c(Cl)ccc3c2CCNCC3)cc1.O=C(O)[C@H](O)[C@@H](O)C(=O)O. The third-order valence-corrected chi connectivity index (χ3v) is 7.11. The third-order valence-electron chi connectivity index (χ3n) is 5.45. The number of carboxylic acids is 2. The van der Waals surface area contributed by atoms with Gasteiger partial charge >= 0.3 is 11.9 Å². The lowest BCUT2D eigenvalue weighted by atomic mass is 10.0. The second-order valence-corrected chi connectivity index (χ2v) is 11.7. The molecule has 2 aromatic carbocycles. The number of aliphatic hydroxyl groups is 2. The van der Waals surface area contributed by atoms with Gasteiger partial charge in [0.1, 0.15) is 0 Å². The zero-order chi connectivity index (χ0) is 26.9. The van der Waals surface area contributed by atoms with Crippen LogP contribution < -0.4 is 10.6 Å². The van der Waals surface area contributed by atoms with Gasteiger partial charge in [-0.15, -0.1) is 0 Å². The van der Waals surface area contributed by atoms with Crippen LogP contribution in [0.5, 0.6) is 0 Å². The van der Waals surface area contributed by atoms with Gasteiger partial charge in [0.2, 0.25) is 0 Å². The molecule has 0 fully saturated rings. The van der Waals surface area contributed by atoms with Gasteiger partial charge in [-0.2, -0.15) is 11.8 Å². The minimum absolute atomic E-state index is 0.303. The Morgan fingerprint density at radius 1 is 0.972 bits per heavy atom. The maximum atomic E-state index is 9.77. The average molecular weight is 539 g/mol. The predicted octanol–water partition coefficient (Wildman–Crippen LogP) is 3.55. The number of rotatable bonds is 8. The minimum atomic E-state index is -2.27. The van der Waals surface area contributed by atoms with Crippen LogP contribution >= 0.6 is 23.4 Å². The molecule has 2 aromatic rings. The Balaban J connectivity index is 0.000000388. The van der Waals surface area contributed by atoms with E-state index in [1.54, 1.807) is 0 Å². The van der Waals surface area contributed by atoms with Crippen LogP contribution in [0.3, 0.4) is 0 Å². The van der Waals surface area contributed by atoms with Gasteiger partial charge in [0.25, 0.3) is 0 Å². The first-order valence-corrected chi connectivity index (χ1v) is 13.0. The quantitative estimate of drug-likeness (QED) is 0.298. The largest absolute Gasteiger partial charge is 0.479 e. The number of halogens is 1. The number of aliphatic hydroxyl groups excluding tert-OH is 2. The van der Waals surface area contributed by atoms with Crippen molar-refractivity contribution in [3.05, 3.63) is 63.7 Å². The molecule has 0 bridgehead atoms. The number of benzene rings is 2. The van der Waals surface area contributed by atoms with Crippen LogP contribution in [0.2, 0.25) is 5.02 Å². The van der Waals surface area contributed by atoms with Crippen molar-refractivity contribution in [1.29, 1.82) is 0 Å². The summed E-state index contributed by atoms with van der Waals surface area (Å²) in [5, 5.41) is 40.4. The highest BCUT2D eigenvalue weighted by atomic mass is 35.5. The summed E-state index contributed by atoms with van der Waals surface area (Å²) in [6.45, 7) is 9.65. The molecule has 0 aromatic heterocycles. The van der Waals surface area contributed by atoms with Crippen LogP contribution in [0.4, 0.5) is 5.69 Å². The van der Waals surface area contributed by atoms with Crippen molar-refractivity contribution in [2.75, 3.05) is 18.4 Å². The summed E-state index contributed by atoms with van der Waals surface area (Å²) in [5.41, 5.74) is 6.57. The Bertz CT molecular complexity index is 1010. The number of nitrogens with one attached hydrogen (secondary N) is 2. The Kier molecular flexibility index (Phi) is 11.5. The van der Waals surface area contributed by atoms with Crippen LogP contribution in [-0.4, -0.2) is 62.4 Å². The first kappa shape index (κ1) is 29.9. The van der Waals surface area contributed by atoms with E-state index in [0.717, 1.165) is 48.9 Å². The molecular weight excluding hydrogens is 504 g/mol. The van der Waals surface area contributed by atoms with Gasteiger partial charge in [-0.1, -0.05) is 62.7 Å². The lowest BCUT2D eigenvalue weighted by Crippen LogP contribution is -2.39. The highest BCUT2D eigenvalue weighted by molar-refractivity contribution is 7.99. The summed E-state index contributed by atoms with van der Waals surface area (Å²) in [7, 11) is 0. The number of carbonyl (C=O) groups is 2. The zero-order valence-corrected chi connectivity index (χ0v) is 22.3. The summed E-state index contributed by atoms with van der Waals surface area (Å²) >= 11 is 8.49. The number of carboxylic acid groups (broad SMARTS) is 2. The molecule has 6 N–H and O–H groups in total. The van der Waals surface area contributed by atoms with Crippen LogP contribution in [-0.2, 0) is 34.7 Å². The van der Waals surface area contributed by atoms with Gasteiger partial charge in [-0.05, 0) is 54.3 Å². The molecule has 1 aliphatic rings. The molecule has 3 rings (SSSR count). The zero-order valence-electron chi connectivity index (χ0n) is 20.8. The van der Waals surface area contributed by atoms with Gasteiger partial charge in [-0.3, -0.25) is 0 Å². The molecule has 0 aliphatic carbocycles. The maximum absolute atomic E-state index is 9.77. The molecule has 0 saturated heterocycles. The predicted molar refractivity (Wildman–Crippen MR) is 144 cm³/mol. The summed E-state index contributed by atoms with van der Waals surface area (Å²) < 4.78 is 0.303. The van der Waals surface area contributed by atoms with Crippen molar-refractivity contribution in [2.24, 2.45) is 0 Å². The fraction of sp³-hybridized carbons (Fsp3) is 0.462. The molecule has 8 nitrogen and oxygen atoms in total. The van der Waals surface area contributed by atoms with Crippen molar-refractivity contribution < 1.29 is 30.0 Å². The topological polar surface area (TPSA) is 139 Å². The first-order valence-electron chi connectivity index (χ1n) is 11.7. The standard InChI is InChI=1S/C22H29ClN2S.C4H6O6/c1-22(2,3)26-15-17-6-4-16(5-7-17)14-25-21-19-11-13-24-12-10-18(19)8-9-20(21)23;5-1(3(7)8)2(6)4(9)10/h4-9,24-25H,10-15H2,1-3H3;1-2,5-6H,(H,7,8)(H,9,10)/t;1-,2-/m.1/s1. The fourth-order valence-electron chi connectivity index (χ4n) is 3.45. The first-order chi connectivity index (χ1) is 16.9. The molecule has 2 atom stereocenters. The summed E-state index contributed by atoms with van der Waals surface area (Å²) in [5.74, 6) is -2.48. The van der Waals surface area contributed by atoms with Crippen molar-refractivity contribution in [2.45, 2.75) is 62.9 Å². The van der Waals surface area contributed by atoms with E-state index in [4.69, 9.17) is 32.0 Å². The molecule has 0 amide bonds. The number of hydrogen-bond donors (Lipinski definition) is 6. The number of fused-ring (bicyclic) bond motifs is 1. The van der Waals surface area contributed by atoms with E-state index in [0.29, 0.717) is 4.75 Å². The van der Waals surface area contributed by atoms with Crippen LogP contribution in [0.1, 0.15) is 43.0 Å². The monoisotopic (exact) mass is 538 g/mol. The second-order valence-electron chi connectivity index (χ2n) is 9.45. The molecule has 198 valence electrons. The van der Waals surface area contributed by atoms with E-state index >= 15 is 0 Å². The minimum Gasteiger partial charge on any atom is -0.479 e. The normalized spacial score (nSPS) is 14.9. The van der Waals surface area contributed by atoms with Gasteiger partial charge < -0.3 is 31.1 Å². The Labute approximate surface area is 221 Å². The van der Waals surface area contributed by atoms with E-state index in [1.165, 1.54) is 22.3 Å². The van der Waals surface area contributed by atoms with Gasteiger partial charge in [0.15, 0.2) is 12.2 Å². The summed E-state index contributed by atoms with van der Waals surface area (Å²) in [6, 6.07) is 13.1. The lowest BCUT2D eigenvalue weighted by molar-refractivity contribution is -0.165. The molecule has 0 unspecified atom stereocenters. The highest BCUT2D eigenvalue weighted by Crippen LogP contribution is 2.31. The molecule has 0 radical (unpaired) electrons. The van der Waals surface area contributed by atoms with Crippen molar-refractivity contribution >= 4 is 41.0 Å². The number of aliphatic carboxylic acids is 2. The molecule has 36 heavy (non-hydrogen) atoms. The van der Waals surface area contributed by atoms with E-state index in [2.05, 4.69) is 61.7 Å². The highest BCUT2D eigenvalue weighted by Gasteiger charge is 2.29. The molecule has 0 saturated carbocycles. The summed E-state index contributed by atoms with van der Waals surface area (Å²) in [6.07, 6.45) is -2.43. The Morgan fingerprint density at radius 3 is 2.08 bits per heavy atom. The van der Waals surface area contributed by atoms with Crippen LogP contribution in [0.15, 0.2) is 36.4 Å². The van der Waals surface area contributed by atoms with Gasteiger partial charge in [0, 0.05) is 17.0 Å². The Hall–Kier alpha value is -2.30. The maximum Gasteiger partial charge on any atom is 0.335 e. The van der Waals surface area contributed by atoms with Crippen LogP contribution in [0.25, 0.3) is 0 Å². The number of hydrogen-bond acceptors (Lipinski definition) is 7. The number of thioether (sulfide) groups is 1. The van der Waals surface area contributed by atoms with E-state index in [1.807, 2.05) is 17.8 Å². The van der Waals surface area contributed by atoms with Gasteiger partial charge in [0.05, 0.1) is 10.7 Å². The molecule has 0 spiro atoms. The smallest absolute Gasteiger partial charge is 0.335 e. The number of anilines is 1. The van der Waals surface area contributed by atoms with Crippen LogP contribution in [0, 0.1) is 0 Å². The molecular formula is C26H35ClN2O6S. The third kappa shape index (κ3) is 9.63. The fourth-order valence-corrected chi connectivity index (χ4v) is 4.48. The Morgan fingerprint density at radius 2 is 1.53 bits per heavy atom. The molecule has 1 aliphatic heterocycles. The van der Waals surface area contributed by atoms with E-state index in [-0.39, 0.29) is 0 Å². The lowest BCUT2D eigenvalue weighted by Gasteiger charge is -2.18. The van der Waals surface area contributed by atoms with E-state index < -0.39 is 24.1 Å². The van der Waals surface area contributed by atoms with Crippen molar-refractivity contribution in [1.82, 2.24) is 5.32 Å². The van der Waals surface area contributed by atoms with Crippen molar-refractivity contribution in [3.8, 4) is 0 Å². The molecule has 10 heteroatoms. The molecule has 1 heterocycles. The average Bonchev–Trinajstić information content (AvgIpc) is 3.07. The van der Waals surface area contributed by atoms with Crippen molar-refractivity contribution in [3.63, 3.8) is 0 Å². The summed E-state index contributed by atoms with van der Waals surface area (Å²) in [4.78, 5) is 19.5. The van der Waals surface area contributed by atoms with Gasteiger partial charge in [-0.25, -0.2) is 9.59 Å². The van der Waals surface area contributed by atoms with E-state index in [9.17, 15) is 9.59 Å².